The largest absolute Gasteiger partial charge is 0.324 e. The summed E-state index contributed by atoms with van der Waals surface area (Å²) < 4.78 is 0. The van der Waals surface area contributed by atoms with Gasteiger partial charge in [-0.15, -0.1) is 0 Å². The van der Waals surface area contributed by atoms with Crippen LogP contribution in [0.3, 0.4) is 0 Å². The first kappa shape index (κ1) is 12.9. The van der Waals surface area contributed by atoms with Crippen LogP contribution in [-0.4, -0.2) is 13.1 Å². The molecule has 0 amide bonds. The fraction of sp³-hybridized carbons (Fsp3) is 0.529. The van der Waals surface area contributed by atoms with E-state index in [0.717, 1.165) is 25.4 Å². The molecule has 0 aromatic heterocycles. The topological polar surface area (TPSA) is 38.0 Å². The number of rotatable bonds is 5. The lowest BCUT2D eigenvalue weighted by molar-refractivity contribution is 0.570. The highest BCUT2D eigenvalue weighted by atomic mass is 14.9. The Hall–Kier alpha value is -1.12. The van der Waals surface area contributed by atoms with E-state index < -0.39 is 0 Å². The average molecular weight is 256 g/mol. The van der Waals surface area contributed by atoms with Crippen molar-refractivity contribution in [1.29, 1.82) is 0 Å². The number of benzene rings is 1. The number of aryl methyl sites for hydroxylation is 1. The molecule has 1 atom stereocenters. The number of fused-ring (bicyclic) bond motifs is 1. The molecule has 0 saturated heterocycles. The van der Waals surface area contributed by atoms with Crippen molar-refractivity contribution in [2.45, 2.75) is 38.1 Å². The molecular formula is C17H24N2. The van der Waals surface area contributed by atoms with Crippen LogP contribution in [0, 0.1) is 5.92 Å². The van der Waals surface area contributed by atoms with Gasteiger partial charge in [-0.2, -0.15) is 0 Å². The maximum absolute atomic E-state index is 6.16. The fourth-order valence-electron chi connectivity index (χ4n) is 2.92. The summed E-state index contributed by atoms with van der Waals surface area (Å²) in [6, 6.07) is 6.93. The van der Waals surface area contributed by atoms with Crippen molar-refractivity contribution in [3.05, 3.63) is 41.5 Å². The summed E-state index contributed by atoms with van der Waals surface area (Å²) in [6.07, 6.45) is 6.30. The zero-order chi connectivity index (χ0) is 13.2. The second kappa shape index (κ2) is 5.48. The highest BCUT2D eigenvalue weighted by Crippen LogP contribution is 2.30. The Labute approximate surface area is 116 Å². The minimum absolute atomic E-state index is 0.235. The normalized spacial score (nSPS) is 22.1. The predicted octanol–water partition coefficient (Wildman–Crippen LogP) is 3.04. The maximum Gasteiger partial charge on any atom is 0.0297 e. The molecule has 102 valence electrons. The summed E-state index contributed by atoms with van der Waals surface area (Å²) in [5.74, 6) is 0.925. The molecule has 0 spiro atoms. The fourth-order valence-corrected chi connectivity index (χ4v) is 2.92. The Morgan fingerprint density at radius 1 is 1.32 bits per heavy atom. The van der Waals surface area contributed by atoms with Crippen molar-refractivity contribution in [3.8, 4) is 0 Å². The zero-order valence-corrected chi connectivity index (χ0v) is 11.6. The van der Waals surface area contributed by atoms with E-state index in [1.54, 1.807) is 0 Å². The van der Waals surface area contributed by atoms with E-state index in [2.05, 4.69) is 30.1 Å². The minimum atomic E-state index is 0.235. The van der Waals surface area contributed by atoms with E-state index in [1.807, 2.05) is 0 Å². The molecular weight excluding hydrogens is 232 g/mol. The van der Waals surface area contributed by atoms with Crippen molar-refractivity contribution in [3.63, 3.8) is 0 Å². The molecule has 0 bridgehead atoms. The maximum atomic E-state index is 6.16. The van der Waals surface area contributed by atoms with Gasteiger partial charge in [0.25, 0.3) is 0 Å². The van der Waals surface area contributed by atoms with Gasteiger partial charge in [0.1, 0.15) is 0 Å². The molecule has 0 aliphatic heterocycles. The Bertz CT molecular complexity index is 474. The lowest BCUT2D eigenvalue weighted by Gasteiger charge is -2.23. The van der Waals surface area contributed by atoms with Crippen LogP contribution in [0.1, 0.15) is 48.4 Å². The molecule has 1 fully saturated rings. The Morgan fingerprint density at radius 2 is 2.16 bits per heavy atom. The van der Waals surface area contributed by atoms with Crippen LogP contribution in [0.2, 0.25) is 0 Å². The zero-order valence-electron chi connectivity index (χ0n) is 11.6. The van der Waals surface area contributed by atoms with Gasteiger partial charge in [-0.05, 0) is 66.8 Å². The number of hydrogen-bond donors (Lipinski definition) is 2. The molecule has 2 heteroatoms. The Morgan fingerprint density at radius 3 is 2.95 bits per heavy atom. The third-order valence-electron chi connectivity index (χ3n) is 4.38. The van der Waals surface area contributed by atoms with Gasteiger partial charge in [-0.25, -0.2) is 0 Å². The van der Waals surface area contributed by atoms with Crippen LogP contribution >= 0.6 is 0 Å². The number of nitrogens with two attached hydrogens (primary N) is 1. The van der Waals surface area contributed by atoms with Gasteiger partial charge in [0, 0.05) is 12.6 Å². The summed E-state index contributed by atoms with van der Waals surface area (Å²) in [4.78, 5) is 0. The van der Waals surface area contributed by atoms with Gasteiger partial charge in [0.15, 0.2) is 0 Å². The summed E-state index contributed by atoms with van der Waals surface area (Å²) in [6.45, 7) is 6.27. The number of nitrogens with one attached hydrogen (secondary N) is 1. The van der Waals surface area contributed by atoms with Crippen LogP contribution in [-0.2, 0) is 6.42 Å². The van der Waals surface area contributed by atoms with Crippen molar-refractivity contribution in [1.82, 2.24) is 5.32 Å². The highest BCUT2D eigenvalue weighted by Gasteiger charge is 2.20. The molecule has 1 aromatic rings. The van der Waals surface area contributed by atoms with Gasteiger partial charge in [-0.3, -0.25) is 0 Å². The molecule has 2 aliphatic rings. The SMILES string of the molecule is C=C(CNCC1CC1)c1ccc2c(c1)CCCC2N. The van der Waals surface area contributed by atoms with Crippen molar-refractivity contribution in [2.75, 3.05) is 13.1 Å². The van der Waals surface area contributed by atoms with E-state index in [4.69, 9.17) is 5.73 Å². The van der Waals surface area contributed by atoms with E-state index >= 15 is 0 Å². The first-order valence-electron chi connectivity index (χ1n) is 7.51. The van der Waals surface area contributed by atoms with Crippen molar-refractivity contribution >= 4 is 5.57 Å². The van der Waals surface area contributed by atoms with Crippen LogP contribution in [0.4, 0.5) is 0 Å². The van der Waals surface area contributed by atoms with Crippen molar-refractivity contribution in [2.24, 2.45) is 11.7 Å². The van der Waals surface area contributed by atoms with Gasteiger partial charge in [0.05, 0.1) is 0 Å². The van der Waals surface area contributed by atoms with E-state index in [-0.39, 0.29) is 6.04 Å². The summed E-state index contributed by atoms with van der Waals surface area (Å²) in [5.41, 5.74) is 11.4. The highest BCUT2D eigenvalue weighted by molar-refractivity contribution is 5.66. The molecule has 19 heavy (non-hydrogen) atoms. The molecule has 1 saturated carbocycles. The molecule has 1 unspecified atom stereocenters. The van der Waals surface area contributed by atoms with Gasteiger partial charge < -0.3 is 11.1 Å². The van der Waals surface area contributed by atoms with Crippen LogP contribution in [0.15, 0.2) is 24.8 Å². The van der Waals surface area contributed by atoms with Crippen LogP contribution < -0.4 is 11.1 Å². The summed E-state index contributed by atoms with van der Waals surface area (Å²) >= 11 is 0. The molecule has 3 rings (SSSR count). The Balaban J connectivity index is 1.64. The minimum Gasteiger partial charge on any atom is -0.324 e. The molecule has 2 nitrogen and oxygen atoms in total. The predicted molar refractivity (Wildman–Crippen MR) is 80.9 cm³/mol. The van der Waals surface area contributed by atoms with Crippen molar-refractivity contribution < 1.29 is 0 Å². The van der Waals surface area contributed by atoms with E-state index in [1.165, 1.54) is 47.9 Å². The van der Waals surface area contributed by atoms with E-state index in [0.29, 0.717) is 0 Å². The lowest BCUT2D eigenvalue weighted by atomic mass is 9.86. The Kier molecular flexibility index (Phi) is 3.72. The first-order valence-corrected chi connectivity index (χ1v) is 7.51. The molecule has 3 N–H and O–H groups in total. The lowest BCUT2D eigenvalue weighted by Crippen LogP contribution is -2.20. The summed E-state index contributed by atoms with van der Waals surface area (Å²) in [5, 5.41) is 3.51. The van der Waals surface area contributed by atoms with Crippen LogP contribution in [0.5, 0.6) is 0 Å². The molecule has 0 heterocycles. The smallest absolute Gasteiger partial charge is 0.0297 e. The van der Waals surface area contributed by atoms with Gasteiger partial charge in [-0.1, -0.05) is 24.8 Å². The number of hydrogen-bond acceptors (Lipinski definition) is 2. The second-order valence-electron chi connectivity index (χ2n) is 6.09. The van der Waals surface area contributed by atoms with E-state index in [9.17, 15) is 0 Å². The average Bonchev–Trinajstić information content (AvgIpc) is 3.23. The third kappa shape index (κ3) is 3.07. The third-order valence-corrected chi connectivity index (χ3v) is 4.38. The standard InChI is InChI=1S/C17H24N2/c1-12(10-19-11-13-5-6-13)14-7-8-16-15(9-14)3-2-4-17(16)18/h7-9,13,17,19H,1-6,10-11,18H2. The quantitative estimate of drug-likeness (QED) is 0.850. The first-order chi connectivity index (χ1) is 9.24. The van der Waals surface area contributed by atoms with Gasteiger partial charge >= 0.3 is 0 Å². The summed E-state index contributed by atoms with van der Waals surface area (Å²) in [7, 11) is 0. The molecule has 2 aliphatic carbocycles. The second-order valence-corrected chi connectivity index (χ2v) is 6.09. The monoisotopic (exact) mass is 256 g/mol. The van der Waals surface area contributed by atoms with Crippen LogP contribution in [0.25, 0.3) is 5.57 Å². The molecule has 1 aromatic carbocycles. The molecule has 0 radical (unpaired) electrons. The van der Waals surface area contributed by atoms with Gasteiger partial charge in [0.2, 0.25) is 0 Å².